The molecule has 5 heteroatoms. The first-order chi connectivity index (χ1) is 15.4. The summed E-state index contributed by atoms with van der Waals surface area (Å²) in [4.78, 5) is 27.9. The maximum absolute atomic E-state index is 13.2. The number of ketones is 1. The summed E-state index contributed by atoms with van der Waals surface area (Å²) in [5, 5.41) is 11.2. The van der Waals surface area contributed by atoms with Crippen LogP contribution in [0.15, 0.2) is 84.4 Å². The van der Waals surface area contributed by atoms with Crippen LogP contribution in [0, 0.1) is 0 Å². The van der Waals surface area contributed by atoms with Crippen LogP contribution in [0.4, 0.5) is 5.69 Å². The normalized spacial score (nSPS) is 17.8. The fraction of sp³-hybridized carbons (Fsp3) is 0.185. The topological polar surface area (TPSA) is 66.8 Å². The van der Waals surface area contributed by atoms with Gasteiger partial charge in [-0.15, -0.1) is 0 Å². The van der Waals surface area contributed by atoms with E-state index in [9.17, 15) is 14.7 Å². The zero-order valence-electron chi connectivity index (χ0n) is 18.3. The number of aliphatic hydroxyl groups excluding tert-OH is 1. The number of carbonyl (C=O) groups excluding carboxylic acids is 2. The van der Waals surface area contributed by atoms with E-state index < -0.39 is 17.7 Å². The van der Waals surface area contributed by atoms with E-state index in [1.54, 1.807) is 24.3 Å². The zero-order valence-corrected chi connectivity index (χ0v) is 18.3. The lowest BCUT2D eigenvalue weighted by Crippen LogP contribution is -2.29. The van der Waals surface area contributed by atoms with Crippen molar-refractivity contribution < 1.29 is 19.4 Å². The molecular formula is C27H25NO4. The summed E-state index contributed by atoms with van der Waals surface area (Å²) in [5.41, 5.74) is 2.87. The minimum absolute atomic E-state index is 0.0404. The van der Waals surface area contributed by atoms with Crippen LogP contribution in [0.1, 0.15) is 42.5 Å². The second kappa shape index (κ2) is 8.71. The van der Waals surface area contributed by atoms with Crippen LogP contribution in [0.3, 0.4) is 0 Å². The third kappa shape index (κ3) is 3.66. The minimum atomic E-state index is -0.758. The molecule has 0 bridgehead atoms. The van der Waals surface area contributed by atoms with Crippen molar-refractivity contribution in [3.63, 3.8) is 0 Å². The number of para-hydroxylation sites is 1. The number of benzene rings is 3. The number of nitrogens with zero attached hydrogens (tertiary/aromatic N) is 1. The van der Waals surface area contributed by atoms with Gasteiger partial charge in [0.05, 0.1) is 24.3 Å². The quantitative estimate of drug-likeness (QED) is 0.334. The molecule has 1 unspecified atom stereocenters. The highest BCUT2D eigenvalue weighted by Gasteiger charge is 2.47. The maximum Gasteiger partial charge on any atom is 0.300 e. The van der Waals surface area contributed by atoms with E-state index in [4.69, 9.17) is 4.74 Å². The van der Waals surface area contributed by atoms with E-state index in [0.29, 0.717) is 22.9 Å². The standard InChI is InChI=1S/C27H25NO4/c1-17(2)18-13-15-20(16-14-18)28-24(19-9-5-4-6-10-19)23(26(30)27(28)31)25(29)21-11-7-8-12-22(21)32-3/h4-17,24,29H,1-3H3/b25-23-. The molecule has 5 nitrogen and oxygen atoms in total. The molecule has 1 saturated heterocycles. The summed E-state index contributed by atoms with van der Waals surface area (Å²) >= 11 is 0. The second-order valence-electron chi connectivity index (χ2n) is 8.03. The Bertz CT molecular complexity index is 1180. The van der Waals surface area contributed by atoms with Gasteiger partial charge in [0.2, 0.25) is 0 Å². The van der Waals surface area contributed by atoms with Crippen molar-refractivity contribution >= 4 is 23.1 Å². The van der Waals surface area contributed by atoms with Gasteiger partial charge in [-0.1, -0.05) is 68.4 Å². The molecule has 1 N–H and O–H groups in total. The summed E-state index contributed by atoms with van der Waals surface area (Å²) < 4.78 is 5.37. The van der Waals surface area contributed by atoms with Gasteiger partial charge in [-0.05, 0) is 41.3 Å². The first-order valence-electron chi connectivity index (χ1n) is 10.5. The Morgan fingerprint density at radius 3 is 2.16 bits per heavy atom. The highest BCUT2D eigenvalue weighted by atomic mass is 16.5. The Morgan fingerprint density at radius 2 is 1.53 bits per heavy atom. The van der Waals surface area contributed by atoms with E-state index in [2.05, 4.69) is 13.8 Å². The van der Waals surface area contributed by atoms with Crippen molar-refractivity contribution in [1.29, 1.82) is 0 Å². The van der Waals surface area contributed by atoms with Gasteiger partial charge in [-0.3, -0.25) is 14.5 Å². The van der Waals surface area contributed by atoms with Crippen molar-refractivity contribution in [3.05, 3.63) is 101 Å². The van der Waals surface area contributed by atoms with Gasteiger partial charge in [-0.2, -0.15) is 0 Å². The highest BCUT2D eigenvalue weighted by molar-refractivity contribution is 6.51. The summed E-state index contributed by atoms with van der Waals surface area (Å²) in [5.74, 6) is -0.891. The predicted octanol–water partition coefficient (Wildman–Crippen LogP) is 5.44. The molecule has 1 amide bonds. The molecule has 0 spiro atoms. The molecule has 1 fully saturated rings. The number of ether oxygens (including phenoxy) is 1. The molecule has 1 aliphatic heterocycles. The third-order valence-corrected chi connectivity index (χ3v) is 5.76. The van der Waals surface area contributed by atoms with Crippen LogP contribution in [0.5, 0.6) is 5.75 Å². The van der Waals surface area contributed by atoms with Crippen molar-refractivity contribution in [2.24, 2.45) is 0 Å². The molecule has 1 aliphatic rings. The smallest absolute Gasteiger partial charge is 0.300 e. The van der Waals surface area contributed by atoms with Crippen LogP contribution in [-0.2, 0) is 9.59 Å². The minimum Gasteiger partial charge on any atom is -0.507 e. The Morgan fingerprint density at radius 1 is 0.906 bits per heavy atom. The van der Waals surface area contributed by atoms with Crippen LogP contribution in [-0.4, -0.2) is 23.9 Å². The molecular weight excluding hydrogens is 402 g/mol. The van der Waals surface area contributed by atoms with Gasteiger partial charge >= 0.3 is 0 Å². The lowest BCUT2D eigenvalue weighted by atomic mass is 9.94. The van der Waals surface area contributed by atoms with E-state index in [1.165, 1.54) is 12.0 Å². The molecule has 0 aliphatic carbocycles. The fourth-order valence-electron chi connectivity index (χ4n) is 4.05. The number of amides is 1. The third-order valence-electron chi connectivity index (χ3n) is 5.76. The maximum atomic E-state index is 13.2. The number of carbonyl (C=O) groups is 2. The molecule has 3 aromatic carbocycles. The first-order valence-corrected chi connectivity index (χ1v) is 10.5. The molecule has 1 atom stereocenters. The molecule has 0 radical (unpaired) electrons. The van der Waals surface area contributed by atoms with Crippen molar-refractivity contribution in [1.82, 2.24) is 0 Å². The predicted molar refractivity (Wildman–Crippen MR) is 125 cm³/mol. The zero-order chi connectivity index (χ0) is 22.8. The lowest BCUT2D eigenvalue weighted by molar-refractivity contribution is -0.132. The van der Waals surface area contributed by atoms with Crippen molar-refractivity contribution in [2.75, 3.05) is 12.0 Å². The second-order valence-corrected chi connectivity index (χ2v) is 8.03. The average Bonchev–Trinajstić information content (AvgIpc) is 3.09. The van der Waals surface area contributed by atoms with Crippen LogP contribution < -0.4 is 9.64 Å². The summed E-state index contributed by atoms with van der Waals surface area (Å²) in [6.07, 6.45) is 0. The number of aliphatic hydroxyl groups is 1. The first kappa shape index (κ1) is 21.4. The lowest BCUT2D eigenvalue weighted by Gasteiger charge is -2.26. The summed E-state index contributed by atoms with van der Waals surface area (Å²) in [7, 11) is 1.50. The fourth-order valence-corrected chi connectivity index (χ4v) is 4.05. The number of anilines is 1. The van der Waals surface area contributed by atoms with Gasteiger partial charge in [0, 0.05) is 5.69 Å². The number of rotatable bonds is 5. The van der Waals surface area contributed by atoms with E-state index in [-0.39, 0.29) is 11.3 Å². The SMILES string of the molecule is COc1ccccc1/C(O)=C1/C(=O)C(=O)N(c2ccc(C(C)C)cc2)C1c1ccccc1. The largest absolute Gasteiger partial charge is 0.507 e. The van der Waals surface area contributed by atoms with Gasteiger partial charge in [0.25, 0.3) is 11.7 Å². The Labute approximate surface area is 187 Å². The van der Waals surface area contributed by atoms with Gasteiger partial charge in [-0.25, -0.2) is 0 Å². The number of hydrogen-bond acceptors (Lipinski definition) is 4. The summed E-state index contributed by atoms with van der Waals surface area (Å²) in [6.45, 7) is 4.19. The number of methoxy groups -OCH3 is 1. The van der Waals surface area contributed by atoms with Crippen LogP contribution in [0.2, 0.25) is 0 Å². The molecule has 162 valence electrons. The van der Waals surface area contributed by atoms with Crippen LogP contribution in [0.25, 0.3) is 5.76 Å². The van der Waals surface area contributed by atoms with Crippen molar-refractivity contribution in [3.8, 4) is 5.75 Å². The number of Topliss-reactive ketones (excluding diaryl/α,β-unsaturated/α-hetero) is 1. The van der Waals surface area contributed by atoms with E-state index in [1.807, 2.05) is 54.6 Å². The Hall–Kier alpha value is -3.86. The van der Waals surface area contributed by atoms with E-state index >= 15 is 0 Å². The molecule has 1 heterocycles. The molecule has 0 saturated carbocycles. The molecule has 4 rings (SSSR count). The molecule has 3 aromatic rings. The average molecular weight is 428 g/mol. The highest BCUT2D eigenvalue weighted by Crippen LogP contribution is 2.43. The van der Waals surface area contributed by atoms with Gasteiger partial charge in [0.15, 0.2) is 0 Å². The van der Waals surface area contributed by atoms with Crippen molar-refractivity contribution in [2.45, 2.75) is 25.8 Å². The van der Waals surface area contributed by atoms with Crippen LogP contribution >= 0.6 is 0 Å². The van der Waals surface area contributed by atoms with Gasteiger partial charge in [0.1, 0.15) is 11.5 Å². The summed E-state index contributed by atoms with van der Waals surface area (Å²) in [6, 6.07) is 23.0. The van der Waals surface area contributed by atoms with E-state index in [0.717, 1.165) is 11.1 Å². The monoisotopic (exact) mass is 427 g/mol. The van der Waals surface area contributed by atoms with Gasteiger partial charge < -0.3 is 9.84 Å². The molecule has 0 aromatic heterocycles. The number of hydrogen-bond donors (Lipinski definition) is 1. The molecule has 32 heavy (non-hydrogen) atoms. The Balaban J connectivity index is 1.92. The Kier molecular flexibility index (Phi) is 5.82.